The third kappa shape index (κ3) is 11.9. The minimum atomic E-state index is 1.20. The molecule has 0 aliphatic heterocycles. The Morgan fingerprint density at radius 1 is 0.607 bits per heavy atom. The highest BCUT2D eigenvalue weighted by atomic mass is 15.1. The number of rotatable bonds is 20. The van der Waals surface area contributed by atoms with Crippen LogP contribution in [0.3, 0.4) is 0 Å². The maximum absolute atomic E-state index is 2.57. The van der Waals surface area contributed by atoms with Gasteiger partial charge >= 0.3 is 0 Å². The highest BCUT2D eigenvalue weighted by Gasteiger charge is 2.16. The summed E-state index contributed by atoms with van der Waals surface area (Å²) < 4.78 is 5.12. The fourth-order valence-corrected chi connectivity index (χ4v) is 4.18. The molecule has 2 nitrogen and oxygen atoms in total. The monoisotopic (exact) mass is 391 g/mol. The van der Waals surface area contributed by atoms with Gasteiger partial charge in [0.15, 0.2) is 0 Å². The second-order valence-electron chi connectivity index (χ2n) is 8.80. The molecule has 0 saturated heterocycles. The molecule has 0 fully saturated rings. The van der Waals surface area contributed by atoms with Crippen LogP contribution in [-0.2, 0) is 19.5 Å². The molecule has 1 heterocycles. The first-order chi connectivity index (χ1) is 13.8. The van der Waals surface area contributed by atoms with E-state index in [0.717, 1.165) is 0 Å². The van der Waals surface area contributed by atoms with Gasteiger partial charge in [-0.2, -0.15) is 0 Å². The summed E-state index contributed by atoms with van der Waals surface area (Å²) >= 11 is 0. The molecule has 1 rings (SSSR count). The van der Waals surface area contributed by atoms with Crippen molar-refractivity contribution in [3.8, 4) is 0 Å². The van der Waals surface area contributed by atoms with E-state index in [1.807, 2.05) is 0 Å². The number of imidazole rings is 1. The van der Waals surface area contributed by atoms with E-state index in [-0.39, 0.29) is 0 Å². The molecule has 0 unspecified atom stereocenters. The Labute approximate surface area is 177 Å². The first kappa shape index (κ1) is 25.2. The van der Waals surface area contributed by atoms with Crippen LogP contribution in [0.2, 0.25) is 0 Å². The van der Waals surface area contributed by atoms with E-state index >= 15 is 0 Å². The highest BCUT2D eigenvalue weighted by molar-refractivity contribution is 4.84. The predicted octanol–water partition coefficient (Wildman–Crippen LogP) is 8.01. The van der Waals surface area contributed by atoms with Gasteiger partial charge in [0, 0.05) is 6.42 Å². The van der Waals surface area contributed by atoms with Crippen LogP contribution in [0, 0.1) is 0 Å². The number of nitrogens with zero attached hydrogens (tertiary/aromatic N) is 2. The molecule has 0 spiro atoms. The Morgan fingerprint density at radius 3 is 1.68 bits per heavy atom. The van der Waals surface area contributed by atoms with Crippen LogP contribution in [0.4, 0.5) is 0 Å². The van der Waals surface area contributed by atoms with Gasteiger partial charge in [-0.05, 0) is 25.7 Å². The summed E-state index contributed by atoms with van der Waals surface area (Å²) in [5, 5.41) is 0. The number of aromatic nitrogens is 2. The molecule has 0 aliphatic carbocycles. The Kier molecular flexibility index (Phi) is 16.5. The summed E-state index contributed by atoms with van der Waals surface area (Å²) in [4.78, 5) is 0. The molecular weight excluding hydrogens is 340 g/mol. The van der Waals surface area contributed by atoms with Gasteiger partial charge in [0.1, 0.15) is 12.4 Å². The van der Waals surface area contributed by atoms with Crippen LogP contribution in [0.25, 0.3) is 0 Å². The third-order valence-electron chi connectivity index (χ3n) is 6.10. The summed E-state index contributed by atoms with van der Waals surface area (Å²) in [6.45, 7) is 9.32. The second-order valence-corrected chi connectivity index (χ2v) is 8.80. The highest BCUT2D eigenvalue weighted by Crippen LogP contribution is 2.11. The largest absolute Gasteiger partial charge is 0.256 e. The maximum Gasteiger partial charge on any atom is 0.256 e. The van der Waals surface area contributed by atoms with Crippen LogP contribution >= 0.6 is 0 Å². The molecule has 0 atom stereocenters. The quantitative estimate of drug-likeness (QED) is 0.157. The van der Waals surface area contributed by atoms with E-state index in [9.17, 15) is 0 Å². The molecule has 0 N–H and O–H groups in total. The van der Waals surface area contributed by atoms with E-state index in [1.54, 1.807) is 5.82 Å². The lowest BCUT2D eigenvalue weighted by Crippen LogP contribution is -2.37. The lowest BCUT2D eigenvalue weighted by Gasteiger charge is -2.06. The molecule has 0 amide bonds. The Morgan fingerprint density at radius 2 is 1.11 bits per heavy atom. The van der Waals surface area contributed by atoms with Crippen molar-refractivity contribution in [1.82, 2.24) is 4.57 Å². The van der Waals surface area contributed by atoms with E-state index in [0.29, 0.717) is 0 Å². The summed E-state index contributed by atoms with van der Waals surface area (Å²) in [6.07, 6.45) is 29.6. The van der Waals surface area contributed by atoms with Crippen molar-refractivity contribution in [3.05, 3.63) is 18.2 Å². The predicted molar refractivity (Wildman–Crippen MR) is 124 cm³/mol. The molecule has 0 radical (unpaired) electrons. The van der Waals surface area contributed by atoms with Crippen LogP contribution in [0.15, 0.2) is 12.4 Å². The molecule has 0 aliphatic rings. The zero-order valence-electron chi connectivity index (χ0n) is 19.7. The minimum Gasteiger partial charge on any atom is -0.234 e. The van der Waals surface area contributed by atoms with Crippen molar-refractivity contribution >= 4 is 0 Å². The molecule has 1 aromatic heterocycles. The SMILES string of the molecule is CCCCCCCCCCC[n+]1ccn(CCCC)c1CCCCCCCC. The first-order valence-corrected chi connectivity index (χ1v) is 12.9. The number of hydrogen-bond donors (Lipinski definition) is 0. The van der Waals surface area contributed by atoms with Gasteiger partial charge in [0.2, 0.25) is 0 Å². The van der Waals surface area contributed by atoms with Gasteiger partial charge in [-0.1, -0.05) is 104 Å². The molecule has 164 valence electrons. The van der Waals surface area contributed by atoms with E-state index in [4.69, 9.17) is 0 Å². The summed E-state index contributed by atoms with van der Waals surface area (Å²) in [5.41, 5.74) is 0. The average Bonchev–Trinajstić information content (AvgIpc) is 3.09. The van der Waals surface area contributed by atoms with Crippen molar-refractivity contribution in [2.24, 2.45) is 0 Å². The lowest BCUT2D eigenvalue weighted by molar-refractivity contribution is -0.704. The smallest absolute Gasteiger partial charge is 0.234 e. The maximum atomic E-state index is 2.57. The molecule has 2 heteroatoms. The van der Waals surface area contributed by atoms with E-state index in [1.165, 1.54) is 129 Å². The van der Waals surface area contributed by atoms with Gasteiger partial charge in [-0.25, -0.2) is 9.13 Å². The lowest BCUT2D eigenvalue weighted by atomic mass is 10.1. The first-order valence-electron chi connectivity index (χ1n) is 12.9. The van der Waals surface area contributed by atoms with Crippen LogP contribution in [0.1, 0.15) is 136 Å². The molecule has 0 aromatic carbocycles. The summed E-state index contributed by atoms with van der Waals surface area (Å²) in [6, 6.07) is 0. The Balaban J connectivity index is 2.31. The van der Waals surface area contributed by atoms with Crippen LogP contribution in [-0.4, -0.2) is 4.57 Å². The minimum absolute atomic E-state index is 1.20. The topological polar surface area (TPSA) is 8.81 Å². The van der Waals surface area contributed by atoms with Crippen molar-refractivity contribution in [3.63, 3.8) is 0 Å². The fourth-order valence-electron chi connectivity index (χ4n) is 4.18. The summed E-state index contributed by atoms with van der Waals surface area (Å²) in [7, 11) is 0. The fraction of sp³-hybridized carbons (Fsp3) is 0.885. The Hall–Kier alpha value is -0.790. The van der Waals surface area contributed by atoms with E-state index < -0.39 is 0 Å². The zero-order chi connectivity index (χ0) is 20.3. The van der Waals surface area contributed by atoms with Gasteiger partial charge in [0.05, 0.1) is 13.1 Å². The van der Waals surface area contributed by atoms with Crippen molar-refractivity contribution in [2.75, 3.05) is 0 Å². The molecule has 0 bridgehead atoms. The van der Waals surface area contributed by atoms with Crippen molar-refractivity contribution < 1.29 is 4.57 Å². The Bertz CT molecular complexity index is 449. The van der Waals surface area contributed by atoms with Gasteiger partial charge < -0.3 is 0 Å². The third-order valence-corrected chi connectivity index (χ3v) is 6.10. The zero-order valence-corrected chi connectivity index (χ0v) is 19.7. The van der Waals surface area contributed by atoms with Gasteiger partial charge in [-0.3, -0.25) is 0 Å². The van der Waals surface area contributed by atoms with Crippen molar-refractivity contribution in [2.45, 2.75) is 149 Å². The molecule has 28 heavy (non-hydrogen) atoms. The number of hydrogen-bond acceptors (Lipinski definition) is 0. The number of unbranched alkanes of at least 4 members (excludes halogenated alkanes) is 14. The van der Waals surface area contributed by atoms with E-state index in [2.05, 4.69) is 42.3 Å². The number of aryl methyl sites for hydroxylation is 2. The van der Waals surface area contributed by atoms with Crippen LogP contribution < -0.4 is 4.57 Å². The molecule has 0 saturated carbocycles. The summed E-state index contributed by atoms with van der Waals surface area (Å²) in [5.74, 6) is 1.59. The van der Waals surface area contributed by atoms with Gasteiger partial charge in [-0.15, -0.1) is 0 Å². The molecular formula is C26H51N2+. The van der Waals surface area contributed by atoms with Crippen molar-refractivity contribution in [1.29, 1.82) is 0 Å². The average molecular weight is 392 g/mol. The second kappa shape index (κ2) is 18.3. The standard InChI is InChI=1S/C26H51N2/c1-4-7-10-12-14-15-16-18-20-23-28-25-24-27(22-9-6-3)26(28)21-19-17-13-11-8-5-2/h24-25H,4-23H2,1-3H3/q+1. The van der Waals surface area contributed by atoms with Crippen LogP contribution in [0.5, 0.6) is 0 Å². The molecule has 1 aromatic rings. The normalized spacial score (nSPS) is 11.4. The van der Waals surface area contributed by atoms with Gasteiger partial charge in [0.25, 0.3) is 5.82 Å².